The summed E-state index contributed by atoms with van der Waals surface area (Å²) in [6, 6.07) is 8.41. The van der Waals surface area contributed by atoms with Crippen LogP contribution in [0.1, 0.15) is 33.6 Å². The number of benzene rings is 1. The Labute approximate surface area is 197 Å². The number of ether oxygens (including phenoxy) is 1. The number of sulfonamides is 1. The number of nitrogens with one attached hydrogen (secondary N) is 1. The van der Waals surface area contributed by atoms with Crippen molar-refractivity contribution in [1.29, 1.82) is 0 Å². The molecule has 0 radical (unpaired) electrons. The molecule has 0 atom stereocenters. The Balaban J connectivity index is 1.35. The molecule has 0 saturated carbocycles. The van der Waals surface area contributed by atoms with E-state index in [1.54, 1.807) is 35.2 Å². The molecule has 0 aromatic heterocycles. The Hall–Kier alpha value is -2.17. The molecule has 2 aliphatic heterocycles. The summed E-state index contributed by atoms with van der Waals surface area (Å²) in [5.41, 5.74) is -0.500. The summed E-state index contributed by atoms with van der Waals surface area (Å²) in [4.78, 5) is 29.0. The Morgan fingerprint density at radius 3 is 2.18 bits per heavy atom. The van der Waals surface area contributed by atoms with E-state index >= 15 is 0 Å². The molecule has 33 heavy (non-hydrogen) atoms. The zero-order chi connectivity index (χ0) is 24.1. The molecule has 0 bridgehead atoms. The second-order valence-electron chi connectivity index (χ2n) is 9.59. The van der Waals surface area contributed by atoms with Gasteiger partial charge in [-0.2, -0.15) is 4.31 Å². The van der Waals surface area contributed by atoms with Crippen LogP contribution in [0.25, 0.3) is 0 Å². The molecule has 0 unspecified atom stereocenters. The lowest BCUT2D eigenvalue weighted by Crippen LogP contribution is -2.51. The quantitative estimate of drug-likeness (QED) is 0.666. The van der Waals surface area contributed by atoms with Crippen LogP contribution in [0.4, 0.5) is 4.79 Å². The van der Waals surface area contributed by atoms with E-state index in [0.717, 1.165) is 19.6 Å². The van der Waals surface area contributed by atoms with E-state index in [9.17, 15) is 18.0 Å². The maximum Gasteiger partial charge on any atom is 0.410 e. The zero-order valence-corrected chi connectivity index (χ0v) is 20.6. The van der Waals surface area contributed by atoms with Gasteiger partial charge in [-0.15, -0.1) is 0 Å². The van der Waals surface area contributed by atoms with Gasteiger partial charge in [0.2, 0.25) is 15.9 Å². The van der Waals surface area contributed by atoms with E-state index in [2.05, 4.69) is 10.2 Å². The third-order valence-electron chi connectivity index (χ3n) is 5.96. The molecule has 2 fully saturated rings. The number of piperazine rings is 1. The van der Waals surface area contributed by atoms with Crippen LogP contribution in [-0.2, 0) is 19.6 Å². The minimum absolute atomic E-state index is 0.0147. The summed E-state index contributed by atoms with van der Waals surface area (Å²) in [6.07, 6.45) is 0.759. The van der Waals surface area contributed by atoms with Gasteiger partial charge < -0.3 is 15.0 Å². The lowest BCUT2D eigenvalue weighted by atomic mass is 9.97. The number of hydrogen-bond acceptors (Lipinski definition) is 6. The number of amides is 2. The SMILES string of the molecule is CC(C)(C)OC(=O)N1CCN(CCNC(=O)C2CCN(S(=O)(=O)c3ccccc3)CC2)CC1. The number of rotatable bonds is 6. The van der Waals surface area contributed by atoms with Crippen LogP contribution < -0.4 is 5.32 Å². The van der Waals surface area contributed by atoms with Crippen molar-refractivity contribution < 1.29 is 22.7 Å². The van der Waals surface area contributed by atoms with Crippen LogP contribution in [0.2, 0.25) is 0 Å². The van der Waals surface area contributed by atoms with E-state index in [4.69, 9.17) is 4.74 Å². The first kappa shape index (κ1) is 25.5. The molecule has 1 aromatic rings. The topological polar surface area (TPSA) is 99.3 Å². The molecular weight excluding hydrogens is 444 g/mol. The van der Waals surface area contributed by atoms with E-state index in [1.807, 2.05) is 20.8 Å². The van der Waals surface area contributed by atoms with E-state index in [1.165, 1.54) is 4.31 Å². The fourth-order valence-corrected chi connectivity index (χ4v) is 5.55. The fourth-order valence-electron chi connectivity index (χ4n) is 4.06. The maximum absolute atomic E-state index is 12.7. The molecule has 0 spiro atoms. The van der Waals surface area contributed by atoms with Crippen LogP contribution in [0, 0.1) is 5.92 Å². The van der Waals surface area contributed by atoms with E-state index in [0.29, 0.717) is 50.5 Å². The highest BCUT2D eigenvalue weighted by atomic mass is 32.2. The zero-order valence-electron chi connectivity index (χ0n) is 19.8. The van der Waals surface area contributed by atoms with Crippen molar-refractivity contribution in [2.75, 3.05) is 52.4 Å². The summed E-state index contributed by atoms with van der Waals surface area (Å²) in [5.74, 6) is -0.185. The van der Waals surface area contributed by atoms with Crippen molar-refractivity contribution in [2.45, 2.75) is 44.1 Å². The third kappa shape index (κ3) is 7.15. The molecule has 1 N–H and O–H groups in total. The fraction of sp³-hybridized carbons (Fsp3) is 0.652. The molecule has 2 saturated heterocycles. The number of hydrogen-bond donors (Lipinski definition) is 1. The molecule has 1 aromatic carbocycles. The van der Waals surface area contributed by atoms with Crippen LogP contribution in [-0.4, -0.2) is 92.5 Å². The first-order chi connectivity index (χ1) is 15.6. The molecule has 9 nitrogen and oxygen atoms in total. The standard InChI is InChI=1S/C23H36N4O5S/c1-23(2,3)32-22(29)26-17-15-25(16-18-26)14-11-24-21(28)19-9-12-27(13-10-19)33(30,31)20-7-5-4-6-8-20/h4-8,19H,9-18H2,1-3H3,(H,24,28). The average molecular weight is 481 g/mol. The highest BCUT2D eigenvalue weighted by Crippen LogP contribution is 2.23. The Morgan fingerprint density at radius 2 is 1.61 bits per heavy atom. The van der Waals surface area contributed by atoms with Gasteiger partial charge in [-0.05, 0) is 45.7 Å². The van der Waals surface area contributed by atoms with Crippen molar-refractivity contribution in [3.05, 3.63) is 30.3 Å². The molecule has 2 aliphatic rings. The van der Waals surface area contributed by atoms with Crippen LogP contribution >= 0.6 is 0 Å². The molecule has 3 rings (SSSR count). The van der Waals surface area contributed by atoms with Crippen LogP contribution in [0.15, 0.2) is 35.2 Å². The van der Waals surface area contributed by atoms with Crippen molar-refractivity contribution in [2.24, 2.45) is 5.92 Å². The lowest BCUT2D eigenvalue weighted by molar-refractivity contribution is -0.126. The summed E-state index contributed by atoms with van der Waals surface area (Å²) < 4.78 is 32.3. The van der Waals surface area contributed by atoms with Crippen molar-refractivity contribution in [3.8, 4) is 0 Å². The number of carbonyl (C=O) groups excluding carboxylic acids is 2. The van der Waals surface area contributed by atoms with Crippen LogP contribution in [0.3, 0.4) is 0 Å². The predicted octanol–water partition coefficient (Wildman–Crippen LogP) is 1.76. The first-order valence-corrected chi connectivity index (χ1v) is 13.0. The van der Waals surface area contributed by atoms with Crippen molar-refractivity contribution >= 4 is 22.0 Å². The van der Waals surface area contributed by atoms with Crippen LogP contribution in [0.5, 0.6) is 0 Å². The molecule has 10 heteroatoms. The Kier molecular flexibility index (Phi) is 8.36. The van der Waals surface area contributed by atoms with Gasteiger partial charge >= 0.3 is 6.09 Å². The minimum atomic E-state index is -3.51. The number of nitrogens with zero attached hydrogens (tertiary/aromatic N) is 3. The largest absolute Gasteiger partial charge is 0.444 e. The number of carbonyl (C=O) groups is 2. The molecule has 184 valence electrons. The molecule has 0 aliphatic carbocycles. The molecular formula is C23H36N4O5S. The maximum atomic E-state index is 12.7. The molecule has 2 amide bonds. The predicted molar refractivity (Wildman–Crippen MR) is 125 cm³/mol. The first-order valence-electron chi connectivity index (χ1n) is 11.6. The van der Waals surface area contributed by atoms with E-state index < -0.39 is 15.6 Å². The van der Waals surface area contributed by atoms with Gasteiger partial charge in [0.25, 0.3) is 0 Å². The monoisotopic (exact) mass is 480 g/mol. The van der Waals surface area contributed by atoms with Gasteiger partial charge in [0, 0.05) is 58.3 Å². The van der Waals surface area contributed by atoms with Crippen molar-refractivity contribution in [1.82, 2.24) is 19.4 Å². The summed E-state index contributed by atoms with van der Waals surface area (Å²) in [5, 5.41) is 3.00. The van der Waals surface area contributed by atoms with Gasteiger partial charge in [0.05, 0.1) is 4.90 Å². The van der Waals surface area contributed by atoms with Gasteiger partial charge in [0.15, 0.2) is 0 Å². The van der Waals surface area contributed by atoms with E-state index in [-0.39, 0.29) is 17.9 Å². The van der Waals surface area contributed by atoms with Gasteiger partial charge in [-0.3, -0.25) is 9.69 Å². The minimum Gasteiger partial charge on any atom is -0.444 e. The number of piperidine rings is 1. The summed E-state index contributed by atoms with van der Waals surface area (Å²) in [7, 11) is -3.51. The summed E-state index contributed by atoms with van der Waals surface area (Å²) >= 11 is 0. The van der Waals surface area contributed by atoms with Gasteiger partial charge in [0.1, 0.15) is 5.60 Å². The second-order valence-corrected chi connectivity index (χ2v) is 11.5. The van der Waals surface area contributed by atoms with Gasteiger partial charge in [-0.1, -0.05) is 18.2 Å². The lowest BCUT2D eigenvalue weighted by Gasteiger charge is -2.35. The Morgan fingerprint density at radius 1 is 1.00 bits per heavy atom. The average Bonchev–Trinajstić information content (AvgIpc) is 2.79. The van der Waals surface area contributed by atoms with Crippen molar-refractivity contribution in [3.63, 3.8) is 0 Å². The highest BCUT2D eigenvalue weighted by Gasteiger charge is 2.32. The van der Waals surface area contributed by atoms with Gasteiger partial charge in [-0.25, -0.2) is 13.2 Å². The second kappa shape index (κ2) is 10.8. The molecule has 2 heterocycles. The smallest absolute Gasteiger partial charge is 0.410 e. The normalized spacial score (nSPS) is 19.3. The third-order valence-corrected chi connectivity index (χ3v) is 7.87. The summed E-state index contributed by atoms with van der Waals surface area (Å²) in [6.45, 7) is 10.2. The highest BCUT2D eigenvalue weighted by molar-refractivity contribution is 7.89. The Bertz CT molecular complexity index is 901.